The predicted molar refractivity (Wildman–Crippen MR) is 71.3 cm³/mol. The molecule has 1 aromatic carbocycles. The van der Waals surface area contributed by atoms with Crippen molar-refractivity contribution in [2.45, 2.75) is 6.54 Å². The van der Waals surface area contributed by atoms with Gasteiger partial charge in [-0.25, -0.2) is 0 Å². The Morgan fingerprint density at radius 1 is 1.16 bits per heavy atom. The smallest absolute Gasteiger partial charge is 0.247 e. The molecule has 5 heteroatoms. The summed E-state index contributed by atoms with van der Waals surface area (Å²) in [7, 11) is 0. The van der Waals surface area contributed by atoms with Crippen LogP contribution in [0, 0.1) is 0 Å². The van der Waals surface area contributed by atoms with E-state index in [1.54, 1.807) is 6.20 Å². The molecule has 0 spiro atoms. The fourth-order valence-corrected chi connectivity index (χ4v) is 1.77. The Bertz CT molecular complexity index is 638. The minimum absolute atomic E-state index is 0.519. The summed E-state index contributed by atoms with van der Waals surface area (Å²) in [4.78, 5) is 4.08. The van der Waals surface area contributed by atoms with Gasteiger partial charge in [0.2, 0.25) is 12.3 Å². The van der Waals surface area contributed by atoms with Crippen LogP contribution in [0.4, 0.5) is 5.69 Å². The zero-order valence-corrected chi connectivity index (χ0v) is 10.2. The molecule has 0 amide bonds. The van der Waals surface area contributed by atoms with Gasteiger partial charge in [-0.1, -0.05) is 12.1 Å². The lowest BCUT2D eigenvalue weighted by Gasteiger charge is -2.06. The van der Waals surface area contributed by atoms with Gasteiger partial charge in [0.05, 0.1) is 0 Å². The molecule has 5 nitrogen and oxygen atoms in total. The van der Waals surface area contributed by atoms with Crippen molar-refractivity contribution in [2.24, 2.45) is 0 Å². The highest BCUT2D eigenvalue weighted by molar-refractivity contribution is 5.60. The van der Waals surface area contributed by atoms with Gasteiger partial charge in [-0.3, -0.25) is 4.98 Å². The van der Waals surface area contributed by atoms with E-state index in [4.69, 9.17) is 4.42 Å². The summed E-state index contributed by atoms with van der Waals surface area (Å²) in [5.74, 6) is 0.519. The normalized spacial score (nSPS) is 10.3. The number of rotatable bonds is 4. The molecule has 3 aromatic rings. The zero-order chi connectivity index (χ0) is 12.9. The number of aromatic nitrogens is 3. The van der Waals surface area contributed by atoms with Crippen molar-refractivity contribution in [2.75, 3.05) is 5.32 Å². The van der Waals surface area contributed by atoms with E-state index in [1.165, 1.54) is 6.39 Å². The molecule has 2 heterocycles. The molecule has 0 radical (unpaired) electrons. The first kappa shape index (κ1) is 11.4. The number of nitrogens with one attached hydrogen (secondary N) is 1. The van der Waals surface area contributed by atoms with Gasteiger partial charge in [-0.05, 0) is 29.8 Å². The number of nitrogens with zero attached hydrogens (tertiary/aromatic N) is 3. The van der Waals surface area contributed by atoms with Crippen LogP contribution in [-0.2, 0) is 6.54 Å². The predicted octanol–water partition coefficient (Wildman–Crippen LogP) is 2.74. The number of benzene rings is 1. The van der Waals surface area contributed by atoms with Gasteiger partial charge in [0.25, 0.3) is 0 Å². The lowest BCUT2D eigenvalue weighted by Crippen LogP contribution is -1.99. The zero-order valence-electron chi connectivity index (χ0n) is 10.2. The molecule has 2 aromatic heterocycles. The van der Waals surface area contributed by atoms with E-state index < -0.39 is 0 Å². The van der Waals surface area contributed by atoms with Gasteiger partial charge in [0.1, 0.15) is 0 Å². The molecule has 0 atom stereocenters. The molecule has 1 N–H and O–H groups in total. The third-order valence-electron chi connectivity index (χ3n) is 2.69. The third kappa shape index (κ3) is 2.77. The van der Waals surface area contributed by atoms with Crippen molar-refractivity contribution >= 4 is 5.69 Å². The summed E-state index contributed by atoms with van der Waals surface area (Å²) >= 11 is 0. The second kappa shape index (κ2) is 5.30. The van der Waals surface area contributed by atoms with Crippen LogP contribution >= 0.6 is 0 Å². The van der Waals surface area contributed by atoms with E-state index in [-0.39, 0.29) is 0 Å². The van der Waals surface area contributed by atoms with Crippen LogP contribution in [0.2, 0.25) is 0 Å². The molecule has 0 unspecified atom stereocenters. The van der Waals surface area contributed by atoms with Crippen molar-refractivity contribution in [1.29, 1.82) is 0 Å². The molecule has 0 aliphatic rings. The van der Waals surface area contributed by atoms with E-state index in [0.717, 1.165) is 23.4 Å². The van der Waals surface area contributed by atoms with E-state index in [9.17, 15) is 0 Å². The molecule has 0 aliphatic carbocycles. The van der Waals surface area contributed by atoms with Gasteiger partial charge in [-0.2, -0.15) is 0 Å². The average Bonchev–Trinajstić information content (AvgIpc) is 3.01. The maximum absolute atomic E-state index is 5.18. The average molecular weight is 252 g/mol. The fourth-order valence-electron chi connectivity index (χ4n) is 1.77. The second-order valence-corrected chi connectivity index (χ2v) is 4.04. The van der Waals surface area contributed by atoms with Crippen LogP contribution in [0.15, 0.2) is 59.6 Å². The molecule has 19 heavy (non-hydrogen) atoms. The topological polar surface area (TPSA) is 63.8 Å². The summed E-state index contributed by atoms with van der Waals surface area (Å²) in [6.45, 7) is 0.723. The quantitative estimate of drug-likeness (QED) is 0.773. The first-order chi connectivity index (χ1) is 9.42. The van der Waals surface area contributed by atoms with Gasteiger partial charge < -0.3 is 9.73 Å². The van der Waals surface area contributed by atoms with Crippen LogP contribution in [0.3, 0.4) is 0 Å². The molecule has 0 aliphatic heterocycles. The van der Waals surface area contributed by atoms with Crippen LogP contribution in [0.5, 0.6) is 0 Å². The molecular formula is C14H12N4O. The van der Waals surface area contributed by atoms with E-state index in [2.05, 4.69) is 20.5 Å². The molecule has 0 bridgehead atoms. The minimum Gasteiger partial charge on any atom is -0.423 e. The number of pyridine rings is 1. The SMILES string of the molecule is c1cncc(CNc2cccc(-c3nnco3)c2)c1. The minimum atomic E-state index is 0.519. The lowest BCUT2D eigenvalue weighted by molar-refractivity contribution is 0.568. The molecule has 3 rings (SSSR count). The van der Waals surface area contributed by atoms with Gasteiger partial charge in [-0.15, -0.1) is 10.2 Å². The largest absolute Gasteiger partial charge is 0.423 e. The van der Waals surface area contributed by atoms with Crippen molar-refractivity contribution in [3.63, 3.8) is 0 Å². The standard InChI is InChI=1S/C14H12N4O/c1-4-12(14-18-17-10-19-14)7-13(5-1)16-9-11-3-2-6-15-8-11/h1-8,10,16H,9H2. The Hall–Kier alpha value is -2.69. The number of hydrogen-bond donors (Lipinski definition) is 1. The van der Waals surface area contributed by atoms with Crippen LogP contribution in [-0.4, -0.2) is 15.2 Å². The fraction of sp³-hybridized carbons (Fsp3) is 0.0714. The van der Waals surface area contributed by atoms with Crippen molar-refractivity contribution in [1.82, 2.24) is 15.2 Å². The first-order valence-electron chi connectivity index (χ1n) is 5.91. The Kier molecular flexibility index (Phi) is 3.18. The second-order valence-electron chi connectivity index (χ2n) is 4.04. The summed E-state index contributed by atoms with van der Waals surface area (Å²) in [6.07, 6.45) is 4.93. The molecule has 0 fully saturated rings. The monoisotopic (exact) mass is 252 g/mol. The molecular weight excluding hydrogens is 240 g/mol. The Balaban J connectivity index is 1.74. The summed E-state index contributed by atoms with van der Waals surface area (Å²) in [5.41, 5.74) is 3.03. The Morgan fingerprint density at radius 2 is 2.16 bits per heavy atom. The van der Waals surface area contributed by atoms with Gasteiger partial charge in [0.15, 0.2) is 0 Å². The van der Waals surface area contributed by atoms with Crippen molar-refractivity contribution < 1.29 is 4.42 Å². The lowest BCUT2D eigenvalue weighted by atomic mass is 10.2. The molecule has 0 saturated heterocycles. The Labute approximate surface area is 110 Å². The third-order valence-corrected chi connectivity index (χ3v) is 2.69. The van der Waals surface area contributed by atoms with Crippen LogP contribution in [0.1, 0.15) is 5.56 Å². The first-order valence-corrected chi connectivity index (χ1v) is 5.91. The van der Waals surface area contributed by atoms with Gasteiger partial charge in [0, 0.05) is 30.2 Å². The summed E-state index contributed by atoms with van der Waals surface area (Å²) in [5, 5.41) is 10.9. The van der Waals surface area contributed by atoms with E-state index >= 15 is 0 Å². The highest BCUT2D eigenvalue weighted by atomic mass is 16.4. The van der Waals surface area contributed by atoms with Crippen molar-refractivity contribution in [3.05, 3.63) is 60.7 Å². The summed E-state index contributed by atoms with van der Waals surface area (Å²) < 4.78 is 5.18. The highest BCUT2D eigenvalue weighted by Gasteiger charge is 2.03. The summed E-state index contributed by atoms with van der Waals surface area (Å²) in [6, 6.07) is 11.8. The molecule has 0 saturated carbocycles. The van der Waals surface area contributed by atoms with E-state index in [0.29, 0.717) is 5.89 Å². The Morgan fingerprint density at radius 3 is 2.95 bits per heavy atom. The van der Waals surface area contributed by atoms with Gasteiger partial charge >= 0.3 is 0 Å². The van der Waals surface area contributed by atoms with Crippen LogP contribution < -0.4 is 5.32 Å². The maximum Gasteiger partial charge on any atom is 0.247 e. The molecule has 94 valence electrons. The number of hydrogen-bond acceptors (Lipinski definition) is 5. The highest BCUT2D eigenvalue weighted by Crippen LogP contribution is 2.20. The van der Waals surface area contributed by atoms with Crippen molar-refractivity contribution in [3.8, 4) is 11.5 Å². The number of anilines is 1. The van der Waals surface area contributed by atoms with Crippen LogP contribution in [0.25, 0.3) is 11.5 Å². The van der Waals surface area contributed by atoms with E-state index in [1.807, 2.05) is 42.6 Å². The maximum atomic E-state index is 5.18.